The molecule has 15 heavy (non-hydrogen) atoms. The Kier molecular flexibility index (Phi) is 6.99. The van der Waals surface area contributed by atoms with Crippen LogP contribution < -0.4 is 0 Å². The third-order valence-corrected chi connectivity index (χ3v) is 2.09. The van der Waals surface area contributed by atoms with Gasteiger partial charge in [-0.15, -0.1) is 0 Å². The number of aliphatic hydroxyl groups excluding tert-OH is 2. The first-order valence-corrected chi connectivity index (χ1v) is 5.17. The van der Waals surface area contributed by atoms with Crippen LogP contribution in [0.25, 0.3) is 0 Å². The Bertz CT molecular complexity index is 213. The predicted molar refractivity (Wildman–Crippen MR) is 57.3 cm³/mol. The van der Waals surface area contributed by atoms with Crippen LogP contribution in [-0.2, 0) is 9.53 Å². The average molecular weight is 216 g/mol. The second-order valence-electron chi connectivity index (χ2n) is 3.60. The predicted octanol–water partition coefficient (Wildman–Crippen LogP) is 1.02. The van der Waals surface area contributed by atoms with Gasteiger partial charge in [0.05, 0.1) is 18.8 Å². The topological polar surface area (TPSA) is 66.8 Å². The van der Waals surface area contributed by atoms with E-state index in [-0.39, 0.29) is 6.61 Å². The van der Waals surface area contributed by atoms with Crippen molar-refractivity contribution in [2.24, 2.45) is 0 Å². The molecule has 2 N–H and O–H groups in total. The van der Waals surface area contributed by atoms with Gasteiger partial charge in [-0.05, 0) is 26.2 Å². The molecular formula is C11H20O4. The highest BCUT2D eigenvalue weighted by atomic mass is 16.5. The first kappa shape index (κ1) is 14.1. The molecule has 0 heterocycles. The highest BCUT2D eigenvalue weighted by Gasteiger charge is 2.13. The van der Waals surface area contributed by atoms with Gasteiger partial charge >= 0.3 is 5.97 Å². The molecule has 0 aliphatic rings. The minimum Gasteiger partial charge on any atom is -0.462 e. The Hall–Kier alpha value is -0.870. The Morgan fingerprint density at radius 2 is 2.00 bits per heavy atom. The van der Waals surface area contributed by atoms with Crippen molar-refractivity contribution in [2.45, 2.75) is 45.3 Å². The smallest absolute Gasteiger partial charge is 0.333 e. The number of hydrogen-bond donors (Lipinski definition) is 2. The van der Waals surface area contributed by atoms with E-state index in [1.165, 1.54) is 0 Å². The maximum absolute atomic E-state index is 10.9. The lowest BCUT2D eigenvalue weighted by Gasteiger charge is -2.15. The molecule has 0 saturated heterocycles. The summed E-state index contributed by atoms with van der Waals surface area (Å²) in [5.41, 5.74) is 0.365. The molecule has 4 nitrogen and oxygen atoms in total. The third-order valence-electron chi connectivity index (χ3n) is 2.09. The SMILES string of the molecule is C=C(C)C(=O)OCCCC(O)C(O)CC. The van der Waals surface area contributed by atoms with Gasteiger partial charge in [0.25, 0.3) is 0 Å². The van der Waals surface area contributed by atoms with Gasteiger partial charge < -0.3 is 14.9 Å². The molecule has 4 heteroatoms. The van der Waals surface area contributed by atoms with E-state index < -0.39 is 18.2 Å². The quantitative estimate of drug-likeness (QED) is 0.379. The van der Waals surface area contributed by atoms with Crippen molar-refractivity contribution in [1.29, 1.82) is 0 Å². The summed E-state index contributed by atoms with van der Waals surface area (Å²) in [6.07, 6.45) is 0.0583. The Balaban J connectivity index is 3.54. The summed E-state index contributed by atoms with van der Waals surface area (Å²) < 4.78 is 4.84. The van der Waals surface area contributed by atoms with E-state index in [1.54, 1.807) is 13.8 Å². The second-order valence-corrected chi connectivity index (χ2v) is 3.60. The molecule has 0 radical (unpaired) electrons. The Labute approximate surface area is 90.6 Å². The zero-order valence-electron chi connectivity index (χ0n) is 9.40. The third kappa shape index (κ3) is 6.25. The molecule has 0 aromatic rings. The van der Waals surface area contributed by atoms with Crippen molar-refractivity contribution in [3.05, 3.63) is 12.2 Å². The molecular weight excluding hydrogens is 196 g/mol. The van der Waals surface area contributed by atoms with Crippen LogP contribution in [0, 0.1) is 0 Å². The monoisotopic (exact) mass is 216 g/mol. The van der Waals surface area contributed by atoms with Crippen LogP contribution in [0.1, 0.15) is 33.1 Å². The Morgan fingerprint density at radius 3 is 2.47 bits per heavy atom. The van der Waals surface area contributed by atoms with Gasteiger partial charge in [-0.1, -0.05) is 13.5 Å². The number of hydrogen-bond acceptors (Lipinski definition) is 4. The van der Waals surface area contributed by atoms with E-state index in [9.17, 15) is 15.0 Å². The molecule has 0 amide bonds. The molecule has 0 aromatic heterocycles. The van der Waals surface area contributed by atoms with Crippen LogP contribution in [0.5, 0.6) is 0 Å². The second kappa shape index (κ2) is 7.43. The molecule has 0 bridgehead atoms. The van der Waals surface area contributed by atoms with E-state index in [0.29, 0.717) is 24.8 Å². The van der Waals surface area contributed by atoms with Gasteiger partial charge in [-0.2, -0.15) is 0 Å². The molecule has 0 aliphatic carbocycles. The molecule has 0 rings (SSSR count). The molecule has 0 saturated carbocycles. The number of rotatable bonds is 7. The first-order chi connectivity index (χ1) is 6.99. The minimum atomic E-state index is -0.737. The fourth-order valence-electron chi connectivity index (χ4n) is 1.05. The van der Waals surface area contributed by atoms with E-state index in [0.717, 1.165) is 0 Å². The lowest BCUT2D eigenvalue weighted by atomic mass is 10.1. The lowest BCUT2D eigenvalue weighted by Crippen LogP contribution is -2.25. The number of esters is 1. The summed E-state index contributed by atoms with van der Waals surface area (Å²) in [6.45, 7) is 7.08. The zero-order chi connectivity index (χ0) is 11.8. The Morgan fingerprint density at radius 1 is 1.40 bits per heavy atom. The molecule has 0 aromatic carbocycles. The van der Waals surface area contributed by atoms with Gasteiger partial charge in [0.1, 0.15) is 0 Å². The average Bonchev–Trinajstić information content (AvgIpc) is 2.22. The van der Waals surface area contributed by atoms with E-state index >= 15 is 0 Å². The standard InChI is InChI=1S/C11H20O4/c1-4-9(12)10(13)6-5-7-15-11(14)8(2)3/h9-10,12-13H,2,4-7H2,1,3H3. The van der Waals surface area contributed by atoms with Crippen molar-refractivity contribution < 1.29 is 19.7 Å². The molecule has 0 fully saturated rings. The van der Waals surface area contributed by atoms with Gasteiger partial charge in [-0.3, -0.25) is 0 Å². The van der Waals surface area contributed by atoms with Crippen molar-refractivity contribution in [2.75, 3.05) is 6.61 Å². The fourth-order valence-corrected chi connectivity index (χ4v) is 1.05. The summed E-state index contributed by atoms with van der Waals surface area (Å²) in [7, 11) is 0. The van der Waals surface area contributed by atoms with Crippen LogP contribution in [0.2, 0.25) is 0 Å². The highest BCUT2D eigenvalue weighted by molar-refractivity contribution is 5.86. The van der Waals surface area contributed by atoms with Gasteiger partial charge in [0.2, 0.25) is 0 Å². The molecule has 2 atom stereocenters. The molecule has 2 unspecified atom stereocenters. The van der Waals surface area contributed by atoms with E-state index in [2.05, 4.69) is 6.58 Å². The normalized spacial score (nSPS) is 14.4. The van der Waals surface area contributed by atoms with Crippen LogP contribution >= 0.6 is 0 Å². The van der Waals surface area contributed by atoms with Crippen LogP contribution in [0.15, 0.2) is 12.2 Å². The van der Waals surface area contributed by atoms with Gasteiger partial charge in [0, 0.05) is 5.57 Å². The van der Waals surface area contributed by atoms with Crippen LogP contribution in [0.3, 0.4) is 0 Å². The van der Waals surface area contributed by atoms with Crippen LogP contribution in [-0.4, -0.2) is 35.0 Å². The maximum Gasteiger partial charge on any atom is 0.333 e. The van der Waals surface area contributed by atoms with Crippen LogP contribution in [0.4, 0.5) is 0 Å². The van der Waals surface area contributed by atoms with Gasteiger partial charge in [-0.25, -0.2) is 4.79 Å². The van der Waals surface area contributed by atoms with Crippen molar-refractivity contribution in [3.63, 3.8) is 0 Å². The fraction of sp³-hybridized carbons (Fsp3) is 0.727. The summed E-state index contributed by atoms with van der Waals surface area (Å²) in [5, 5.41) is 18.6. The minimum absolute atomic E-state index is 0.249. The van der Waals surface area contributed by atoms with Crippen molar-refractivity contribution in [3.8, 4) is 0 Å². The van der Waals surface area contributed by atoms with Crippen molar-refractivity contribution in [1.82, 2.24) is 0 Å². The largest absolute Gasteiger partial charge is 0.462 e. The molecule has 0 aliphatic heterocycles. The summed E-state index contributed by atoms with van der Waals surface area (Å²) in [4.78, 5) is 10.9. The van der Waals surface area contributed by atoms with E-state index in [4.69, 9.17) is 4.74 Å². The summed E-state index contributed by atoms with van der Waals surface area (Å²) >= 11 is 0. The molecule has 88 valence electrons. The lowest BCUT2D eigenvalue weighted by molar-refractivity contribution is -0.139. The zero-order valence-corrected chi connectivity index (χ0v) is 9.40. The maximum atomic E-state index is 10.9. The van der Waals surface area contributed by atoms with Gasteiger partial charge in [0.15, 0.2) is 0 Å². The first-order valence-electron chi connectivity index (χ1n) is 5.17. The number of carbonyl (C=O) groups is 1. The summed E-state index contributed by atoms with van der Waals surface area (Å²) in [6, 6.07) is 0. The number of ether oxygens (including phenoxy) is 1. The highest BCUT2D eigenvalue weighted by Crippen LogP contribution is 2.06. The van der Waals surface area contributed by atoms with Crippen molar-refractivity contribution >= 4 is 5.97 Å². The molecule has 0 spiro atoms. The number of aliphatic hydroxyl groups is 2. The van der Waals surface area contributed by atoms with E-state index in [1.807, 2.05) is 0 Å². The summed E-state index contributed by atoms with van der Waals surface area (Å²) in [5.74, 6) is -0.416. The number of carbonyl (C=O) groups excluding carboxylic acids is 1.